The molecule has 0 unspecified atom stereocenters. The summed E-state index contributed by atoms with van der Waals surface area (Å²) < 4.78 is 5.28. The van der Waals surface area contributed by atoms with E-state index in [2.05, 4.69) is 4.90 Å². The molecule has 0 spiro atoms. The Morgan fingerprint density at radius 2 is 1.35 bits per heavy atom. The molecule has 0 aromatic rings. The first-order chi connectivity index (χ1) is 11.7. The normalized spacial score (nSPS) is 18.0. The van der Waals surface area contributed by atoms with E-state index in [9.17, 15) is 9.59 Å². The Kier molecular flexibility index (Phi) is 14.1. The second kappa shape index (κ2) is 14.5. The van der Waals surface area contributed by atoms with E-state index in [1.54, 1.807) is 0 Å². The van der Waals surface area contributed by atoms with Gasteiger partial charge in [0.1, 0.15) is 0 Å². The fourth-order valence-electron chi connectivity index (χ4n) is 3.19. The molecule has 9 heteroatoms. The number of carbonyl (C=O) groups excluding carboxylic acids is 2. The Morgan fingerprint density at radius 1 is 0.769 bits per heavy atom. The second-order valence-electron chi connectivity index (χ2n) is 6.60. The minimum atomic E-state index is 0. The average molecular weight is 413 g/mol. The molecule has 7 nitrogen and oxygen atoms in total. The molecule has 2 saturated heterocycles. The molecule has 0 saturated carbocycles. The van der Waals surface area contributed by atoms with Crippen LogP contribution >= 0.6 is 24.8 Å². The van der Waals surface area contributed by atoms with Gasteiger partial charge in [0.25, 0.3) is 0 Å². The zero-order chi connectivity index (χ0) is 17.2. The largest absolute Gasteiger partial charge is 0.378 e. The molecular weight excluding hydrogens is 379 g/mol. The van der Waals surface area contributed by atoms with Crippen LogP contribution in [-0.2, 0) is 14.3 Å². The summed E-state index contributed by atoms with van der Waals surface area (Å²) >= 11 is 0. The van der Waals surface area contributed by atoms with Crippen LogP contribution in [0.15, 0.2) is 0 Å². The van der Waals surface area contributed by atoms with Crippen molar-refractivity contribution < 1.29 is 14.3 Å². The second-order valence-corrected chi connectivity index (χ2v) is 6.60. The summed E-state index contributed by atoms with van der Waals surface area (Å²) in [5.41, 5.74) is 5.47. The van der Waals surface area contributed by atoms with Crippen LogP contribution in [0, 0.1) is 0 Å². The van der Waals surface area contributed by atoms with E-state index in [0.717, 1.165) is 58.4 Å². The average Bonchev–Trinajstić information content (AvgIpc) is 2.62. The Labute approximate surface area is 169 Å². The van der Waals surface area contributed by atoms with Gasteiger partial charge in [-0.1, -0.05) is 12.8 Å². The molecule has 2 heterocycles. The predicted molar refractivity (Wildman–Crippen MR) is 107 cm³/mol. The Bertz CT molecular complexity index is 401. The number of amides is 2. The number of rotatable bonds is 8. The summed E-state index contributed by atoms with van der Waals surface area (Å²) in [5, 5.41) is 0. The van der Waals surface area contributed by atoms with Gasteiger partial charge in [-0.3, -0.25) is 14.5 Å². The van der Waals surface area contributed by atoms with Crippen LogP contribution in [0.25, 0.3) is 0 Å². The molecule has 2 aliphatic heterocycles. The zero-order valence-corrected chi connectivity index (χ0v) is 17.2. The number of unbranched alkanes of at least 4 members (excludes halogenated alkanes) is 3. The number of morpholine rings is 1. The van der Waals surface area contributed by atoms with Crippen molar-refractivity contribution in [3.05, 3.63) is 0 Å². The number of carbonyl (C=O) groups is 2. The quantitative estimate of drug-likeness (QED) is 0.594. The van der Waals surface area contributed by atoms with Crippen LogP contribution < -0.4 is 5.73 Å². The van der Waals surface area contributed by atoms with Crippen molar-refractivity contribution >= 4 is 36.6 Å². The van der Waals surface area contributed by atoms with Gasteiger partial charge in [-0.05, 0) is 19.4 Å². The highest BCUT2D eigenvalue weighted by Gasteiger charge is 2.24. The molecule has 0 atom stereocenters. The van der Waals surface area contributed by atoms with Gasteiger partial charge >= 0.3 is 0 Å². The standard InChI is InChI=1S/C17H32N4O3.2ClH/c18-6-4-2-1-3-5-16(22)20-9-7-19(8-10-20)15-17(23)21-11-13-24-14-12-21;;/h1-15,18H2;2*1H. The third-order valence-electron chi connectivity index (χ3n) is 4.79. The maximum absolute atomic E-state index is 12.2. The van der Waals surface area contributed by atoms with Crippen molar-refractivity contribution in [2.75, 3.05) is 65.6 Å². The highest BCUT2D eigenvalue weighted by molar-refractivity contribution is 5.85. The maximum Gasteiger partial charge on any atom is 0.236 e. The first kappa shape index (κ1) is 25.4. The summed E-state index contributed by atoms with van der Waals surface area (Å²) in [6.07, 6.45) is 4.83. The van der Waals surface area contributed by atoms with Gasteiger partial charge in [0.2, 0.25) is 11.8 Å². The van der Waals surface area contributed by atoms with E-state index in [-0.39, 0.29) is 36.6 Å². The third-order valence-corrected chi connectivity index (χ3v) is 4.79. The molecule has 0 aliphatic carbocycles. The van der Waals surface area contributed by atoms with Crippen LogP contribution in [0.4, 0.5) is 0 Å². The molecule has 0 radical (unpaired) electrons. The number of halogens is 2. The highest BCUT2D eigenvalue weighted by atomic mass is 35.5. The van der Waals surface area contributed by atoms with Crippen LogP contribution in [0.2, 0.25) is 0 Å². The predicted octanol–water partition coefficient (Wildman–Crippen LogP) is 0.742. The number of ether oxygens (including phenoxy) is 1. The molecule has 26 heavy (non-hydrogen) atoms. The van der Waals surface area contributed by atoms with Crippen LogP contribution in [0.5, 0.6) is 0 Å². The third kappa shape index (κ3) is 8.86. The molecule has 2 rings (SSSR count). The lowest BCUT2D eigenvalue weighted by atomic mass is 10.1. The molecule has 2 fully saturated rings. The van der Waals surface area contributed by atoms with E-state index < -0.39 is 0 Å². The molecule has 0 aromatic carbocycles. The minimum Gasteiger partial charge on any atom is -0.378 e. The van der Waals surface area contributed by atoms with Crippen LogP contribution in [0.3, 0.4) is 0 Å². The van der Waals surface area contributed by atoms with E-state index in [1.807, 2.05) is 9.80 Å². The summed E-state index contributed by atoms with van der Waals surface area (Å²) in [4.78, 5) is 30.4. The van der Waals surface area contributed by atoms with E-state index >= 15 is 0 Å². The maximum atomic E-state index is 12.2. The van der Waals surface area contributed by atoms with Crippen molar-refractivity contribution in [2.24, 2.45) is 5.73 Å². The number of nitrogens with zero attached hydrogens (tertiary/aromatic N) is 3. The lowest BCUT2D eigenvalue weighted by Crippen LogP contribution is -2.52. The monoisotopic (exact) mass is 412 g/mol. The van der Waals surface area contributed by atoms with Crippen molar-refractivity contribution in [1.82, 2.24) is 14.7 Å². The van der Waals surface area contributed by atoms with Crippen molar-refractivity contribution in [2.45, 2.75) is 32.1 Å². The minimum absolute atomic E-state index is 0. The fourth-order valence-corrected chi connectivity index (χ4v) is 3.19. The zero-order valence-electron chi connectivity index (χ0n) is 15.6. The number of piperazine rings is 1. The molecule has 0 aromatic heterocycles. The Hall–Kier alpha value is -0.600. The molecule has 2 N–H and O–H groups in total. The van der Waals surface area contributed by atoms with Gasteiger partial charge in [0, 0.05) is 45.7 Å². The SMILES string of the molecule is Cl.Cl.NCCCCCCC(=O)N1CCN(CC(=O)N2CCOCC2)CC1. The summed E-state index contributed by atoms with van der Waals surface area (Å²) in [6.45, 7) is 6.90. The van der Waals surface area contributed by atoms with E-state index in [0.29, 0.717) is 39.3 Å². The molecule has 0 bridgehead atoms. The van der Waals surface area contributed by atoms with Crippen molar-refractivity contribution in [3.63, 3.8) is 0 Å². The number of hydrogen-bond donors (Lipinski definition) is 1. The van der Waals surface area contributed by atoms with Crippen molar-refractivity contribution in [1.29, 1.82) is 0 Å². The molecule has 2 aliphatic rings. The highest BCUT2D eigenvalue weighted by Crippen LogP contribution is 2.09. The van der Waals surface area contributed by atoms with E-state index in [4.69, 9.17) is 10.5 Å². The van der Waals surface area contributed by atoms with Gasteiger partial charge in [-0.25, -0.2) is 0 Å². The number of hydrogen-bond acceptors (Lipinski definition) is 5. The van der Waals surface area contributed by atoms with Crippen LogP contribution in [-0.4, -0.2) is 92.1 Å². The fraction of sp³-hybridized carbons (Fsp3) is 0.882. The molecule has 2 amide bonds. The Balaban J connectivity index is 0.00000312. The van der Waals surface area contributed by atoms with Gasteiger partial charge in [0.05, 0.1) is 19.8 Å². The summed E-state index contributed by atoms with van der Waals surface area (Å²) in [5.74, 6) is 0.430. The van der Waals surface area contributed by atoms with Gasteiger partial charge in [-0.15, -0.1) is 24.8 Å². The first-order valence-corrected chi connectivity index (χ1v) is 9.26. The van der Waals surface area contributed by atoms with Gasteiger partial charge in [0.15, 0.2) is 0 Å². The van der Waals surface area contributed by atoms with Gasteiger partial charge < -0.3 is 20.3 Å². The molecule has 154 valence electrons. The van der Waals surface area contributed by atoms with Crippen molar-refractivity contribution in [3.8, 4) is 0 Å². The summed E-state index contributed by atoms with van der Waals surface area (Å²) in [6, 6.07) is 0. The Morgan fingerprint density at radius 3 is 1.96 bits per heavy atom. The number of nitrogens with two attached hydrogens (primary N) is 1. The smallest absolute Gasteiger partial charge is 0.236 e. The first-order valence-electron chi connectivity index (χ1n) is 9.26. The lowest BCUT2D eigenvalue weighted by molar-refractivity contribution is -0.138. The lowest BCUT2D eigenvalue weighted by Gasteiger charge is -2.36. The molecular formula is C17H34Cl2N4O3. The van der Waals surface area contributed by atoms with Crippen LogP contribution in [0.1, 0.15) is 32.1 Å². The van der Waals surface area contributed by atoms with Gasteiger partial charge in [-0.2, -0.15) is 0 Å². The van der Waals surface area contributed by atoms with E-state index in [1.165, 1.54) is 0 Å². The topological polar surface area (TPSA) is 79.1 Å². The summed E-state index contributed by atoms with van der Waals surface area (Å²) in [7, 11) is 0.